The van der Waals surface area contributed by atoms with E-state index in [1.54, 1.807) is 0 Å². The SMILES string of the molecule is COC1CCC2CC3C4CCC(=O)C5OC1C2C54CCN3C.O=C(O)c1ccc(C(=O)O)cc1. The molecule has 184 valence electrons. The summed E-state index contributed by atoms with van der Waals surface area (Å²) in [5, 5.41) is 16.9. The van der Waals surface area contributed by atoms with Crippen LogP contribution in [0.15, 0.2) is 24.3 Å². The predicted molar refractivity (Wildman–Crippen MR) is 122 cm³/mol. The number of carbonyl (C=O) groups is 3. The molecule has 0 amide bonds. The minimum atomic E-state index is -1.06. The molecule has 5 fully saturated rings. The number of hydrogen-bond donors (Lipinski definition) is 2. The van der Waals surface area contributed by atoms with Crippen molar-refractivity contribution in [2.75, 3.05) is 20.7 Å². The van der Waals surface area contributed by atoms with Crippen molar-refractivity contribution < 1.29 is 34.1 Å². The van der Waals surface area contributed by atoms with E-state index in [1.165, 1.54) is 37.1 Å². The van der Waals surface area contributed by atoms with Gasteiger partial charge in [0.25, 0.3) is 0 Å². The van der Waals surface area contributed by atoms with E-state index >= 15 is 0 Å². The van der Waals surface area contributed by atoms with Crippen molar-refractivity contribution in [2.24, 2.45) is 23.2 Å². The van der Waals surface area contributed by atoms with Gasteiger partial charge in [-0.15, -0.1) is 0 Å². The molecule has 5 aliphatic rings. The van der Waals surface area contributed by atoms with Gasteiger partial charge in [0, 0.05) is 25.0 Å². The second-order valence-electron chi connectivity index (χ2n) is 10.6. The van der Waals surface area contributed by atoms with Crippen LogP contribution in [-0.2, 0) is 14.3 Å². The summed E-state index contributed by atoms with van der Waals surface area (Å²) in [6.45, 7) is 1.13. The monoisotopic (exact) mass is 471 g/mol. The Morgan fingerprint density at radius 1 is 1.09 bits per heavy atom. The van der Waals surface area contributed by atoms with Crippen LogP contribution < -0.4 is 0 Å². The quantitative estimate of drug-likeness (QED) is 0.692. The maximum Gasteiger partial charge on any atom is 0.335 e. The van der Waals surface area contributed by atoms with E-state index in [9.17, 15) is 14.4 Å². The average Bonchev–Trinajstić information content (AvgIpc) is 3.18. The number of ether oxygens (including phenoxy) is 2. The topological polar surface area (TPSA) is 113 Å². The number of carboxylic acids is 2. The molecule has 1 aromatic rings. The molecular formula is C26H33NO7. The zero-order valence-corrected chi connectivity index (χ0v) is 19.7. The number of piperidine rings is 1. The Hall–Kier alpha value is -2.29. The number of hydrogen-bond acceptors (Lipinski definition) is 6. The number of rotatable bonds is 3. The van der Waals surface area contributed by atoms with E-state index in [2.05, 4.69) is 11.9 Å². The highest BCUT2D eigenvalue weighted by Crippen LogP contribution is 2.67. The van der Waals surface area contributed by atoms with Gasteiger partial charge in [-0.05, 0) is 87.7 Å². The number of carboxylic acid groups (broad SMARTS) is 2. The van der Waals surface area contributed by atoms with Gasteiger partial charge in [0.05, 0.1) is 23.3 Å². The number of likely N-dealkylation sites (tertiary alicyclic amines) is 1. The fourth-order valence-electron chi connectivity index (χ4n) is 7.91. The minimum Gasteiger partial charge on any atom is -0.478 e. The average molecular weight is 472 g/mol. The van der Waals surface area contributed by atoms with Crippen molar-refractivity contribution in [1.82, 2.24) is 4.90 Å². The molecule has 2 bridgehead atoms. The van der Waals surface area contributed by atoms with Crippen molar-refractivity contribution in [2.45, 2.75) is 62.9 Å². The van der Waals surface area contributed by atoms with E-state index in [0.717, 1.165) is 38.1 Å². The van der Waals surface area contributed by atoms with E-state index in [1.807, 2.05) is 7.11 Å². The molecule has 1 aromatic carbocycles. The molecule has 0 radical (unpaired) electrons. The van der Waals surface area contributed by atoms with Crippen LogP contribution in [-0.4, -0.2) is 77.9 Å². The Kier molecular flexibility index (Phi) is 6.02. The Bertz CT molecular complexity index is 945. The molecule has 0 aromatic heterocycles. The number of carbonyl (C=O) groups excluding carboxylic acids is 1. The molecule has 2 heterocycles. The van der Waals surface area contributed by atoms with Crippen LogP contribution in [0.2, 0.25) is 0 Å². The summed E-state index contributed by atoms with van der Waals surface area (Å²) in [5.74, 6) is 0.214. The van der Waals surface area contributed by atoms with Crippen molar-refractivity contribution in [3.8, 4) is 0 Å². The molecule has 2 saturated heterocycles. The second-order valence-corrected chi connectivity index (χ2v) is 10.6. The van der Waals surface area contributed by atoms with Gasteiger partial charge < -0.3 is 24.6 Å². The van der Waals surface area contributed by atoms with Gasteiger partial charge in [0.15, 0.2) is 5.78 Å². The molecule has 3 saturated carbocycles. The van der Waals surface area contributed by atoms with Gasteiger partial charge >= 0.3 is 11.9 Å². The summed E-state index contributed by atoms with van der Waals surface area (Å²) < 4.78 is 12.2. The Labute approximate surface area is 199 Å². The highest BCUT2D eigenvalue weighted by Gasteiger charge is 2.71. The zero-order valence-electron chi connectivity index (χ0n) is 19.7. The molecule has 2 aliphatic heterocycles. The van der Waals surface area contributed by atoms with E-state index < -0.39 is 11.9 Å². The van der Waals surface area contributed by atoms with Gasteiger partial charge in [-0.25, -0.2) is 9.59 Å². The first kappa shape index (κ1) is 23.5. The van der Waals surface area contributed by atoms with E-state index in [-0.39, 0.29) is 34.9 Å². The van der Waals surface area contributed by atoms with Gasteiger partial charge in [-0.3, -0.25) is 4.79 Å². The number of benzene rings is 1. The number of Topliss-reactive ketones (excluding diaryl/α,β-unsaturated/α-hetero) is 1. The predicted octanol–water partition coefficient (Wildman–Crippen LogP) is 2.95. The normalized spacial score (nSPS) is 40.1. The summed E-state index contributed by atoms with van der Waals surface area (Å²) in [5.41, 5.74) is 0.303. The molecular weight excluding hydrogens is 438 g/mol. The fourth-order valence-corrected chi connectivity index (χ4v) is 7.91. The van der Waals surface area contributed by atoms with Gasteiger partial charge in [-0.2, -0.15) is 0 Å². The van der Waals surface area contributed by atoms with Crippen LogP contribution >= 0.6 is 0 Å². The van der Waals surface area contributed by atoms with Crippen molar-refractivity contribution in [3.63, 3.8) is 0 Å². The summed E-state index contributed by atoms with van der Waals surface area (Å²) in [7, 11) is 4.10. The lowest BCUT2D eigenvalue weighted by molar-refractivity contribution is -0.162. The van der Waals surface area contributed by atoms with Gasteiger partial charge in [-0.1, -0.05) is 0 Å². The third-order valence-electron chi connectivity index (χ3n) is 9.29. The highest BCUT2D eigenvalue weighted by molar-refractivity contribution is 5.91. The largest absolute Gasteiger partial charge is 0.478 e. The number of nitrogens with zero attached hydrogens (tertiary/aromatic N) is 1. The summed E-state index contributed by atoms with van der Waals surface area (Å²) in [6.07, 6.45) is 6.86. The van der Waals surface area contributed by atoms with Crippen LogP contribution in [0, 0.1) is 23.2 Å². The van der Waals surface area contributed by atoms with Crippen LogP contribution in [0.4, 0.5) is 0 Å². The van der Waals surface area contributed by atoms with Crippen LogP contribution in [0.5, 0.6) is 0 Å². The molecule has 2 N–H and O–H groups in total. The molecule has 3 aliphatic carbocycles. The van der Waals surface area contributed by atoms with Gasteiger partial charge in [0.2, 0.25) is 0 Å². The zero-order chi connectivity index (χ0) is 24.2. The van der Waals surface area contributed by atoms with Crippen molar-refractivity contribution in [3.05, 3.63) is 35.4 Å². The Morgan fingerprint density at radius 3 is 2.32 bits per heavy atom. The molecule has 34 heavy (non-hydrogen) atoms. The minimum absolute atomic E-state index is 0.0833. The van der Waals surface area contributed by atoms with E-state index in [4.69, 9.17) is 19.7 Å². The fraction of sp³-hybridized carbons (Fsp3) is 0.654. The number of aromatic carboxylic acids is 2. The third kappa shape index (κ3) is 3.49. The van der Waals surface area contributed by atoms with Crippen LogP contribution in [0.25, 0.3) is 0 Å². The summed E-state index contributed by atoms with van der Waals surface area (Å²) in [4.78, 5) is 35.9. The first-order chi connectivity index (χ1) is 16.3. The Balaban J connectivity index is 0.000000172. The van der Waals surface area contributed by atoms with Crippen LogP contribution in [0.1, 0.15) is 59.2 Å². The number of methoxy groups -OCH3 is 1. The molecule has 6 rings (SSSR count). The first-order valence-corrected chi connectivity index (χ1v) is 12.3. The lowest BCUT2D eigenvalue weighted by atomic mass is 9.45. The maximum absolute atomic E-state index is 12.7. The number of ketones is 1. The lowest BCUT2D eigenvalue weighted by Gasteiger charge is -2.62. The molecule has 8 atom stereocenters. The van der Waals surface area contributed by atoms with Gasteiger partial charge in [0.1, 0.15) is 6.10 Å². The molecule has 8 heteroatoms. The second kappa shape index (κ2) is 8.73. The van der Waals surface area contributed by atoms with Crippen LogP contribution in [0.3, 0.4) is 0 Å². The lowest BCUT2D eigenvalue weighted by Crippen LogP contribution is -2.67. The molecule has 8 unspecified atom stereocenters. The summed E-state index contributed by atoms with van der Waals surface area (Å²) in [6, 6.07) is 5.70. The van der Waals surface area contributed by atoms with E-state index in [0.29, 0.717) is 23.7 Å². The standard InChI is InChI=1S/C18H27NO3.C8H6O4/c1-19-8-7-18-11-4-5-13(20)17(18)22-16-14(21-2)6-3-10(15(16)18)9-12(11)19;9-7(10)5-1-2-6(4-3-5)8(11)12/h10-12,14-17H,3-9H2,1-2H3;1-4H,(H,9,10)(H,11,12). The Morgan fingerprint density at radius 2 is 1.74 bits per heavy atom. The maximum atomic E-state index is 12.7. The molecule has 1 spiro atoms. The third-order valence-corrected chi connectivity index (χ3v) is 9.29. The van der Waals surface area contributed by atoms with Crippen molar-refractivity contribution >= 4 is 17.7 Å². The smallest absolute Gasteiger partial charge is 0.335 e. The molecule has 8 nitrogen and oxygen atoms in total. The highest BCUT2D eigenvalue weighted by atomic mass is 16.6. The summed E-state index contributed by atoms with van der Waals surface area (Å²) >= 11 is 0. The first-order valence-electron chi connectivity index (χ1n) is 12.3. The van der Waals surface area contributed by atoms with Crippen molar-refractivity contribution in [1.29, 1.82) is 0 Å².